The van der Waals surface area contributed by atoms with E-state index in [9.17, 15) is 20.0 Å². The minimum Gasteiger partial charge on any atom is -0.484 e. The molecule has 1 N–H and O–H groups in total. The van der Waals surface area contributed by atoms with Gasteiger partial charge in [0.15, 0.2) is 12.3 Å². The summed E-state index contributed by atoms with van der Waals surface area (Å²) in [5, 5.41) is 26.8. The Hall–Kier alpha value is -3.26. The number of hydrogen-bond donors (Lipinski definition) is 1. The number of nitrogens with zero attached hydrogens (tertiary/aromatic N) is 3. The van der Waals surface area contributed by atoms with Crippen LogP contribution >= 0.6 is 0 Å². The number of amides is 1. The molecular weight excluding hydrogens is 338 g/mol. The van der Waals surface area contributed by atoms with Gasteiger partial charge in [-0.3, -0.25) is 14.9 Å². The topological polar surface area (TPSA) is 105 Å². The predicted octanol–water partition coefficient (Wildman–Crippen LogP) is 2.43. The van der Waals surface area contributed by atoms with Crippen molar-refractivity contribution in [1.29, 1.82) is 0 Å². The van der Waals surface area contributed by atoms with Crippen molar-refractivity contribution < 1.29 is 19.6 Å². The molecule has 0 unspecified atom stereocenters. The van der Waals surface area contributed by atoms with E-state index in [2.05, 4.69) is 5.10 Å². The third-order valence-electron chi connectivity index (χ3n) is 4.01. The number of nitro benzene ring substituents is 1. The van der Waals surface area contributed by atoms with Crippen molar-refractivity contribution in [2.45, 2.75) is 19.1 Å². The highest BCUT2D eigenvalue weighted by atomic mass is 16.6. The van der Waals surface area contributed by atoms with E-state index in [4.69, 9.17) is 4.74 Å². The van der Waals surface area contributed by atoms with Crippen LogP contribution in [-0.4, -0.2) is 33.3 Å². The average Bonchev–Trinajstić information content (AvgIpc) is 2.96. The number of benzene rings is 2. The van der Waals surface area contributed by atoms with E-state index in [-0.39, 0.29) is 18.7 Å². The Kier molecular flexibility index (Phi) is 4.68. The zero-order valence-electron chi connectivity index (χ0n) is 14.0. The van der Waals surface area contributed by atoms with Crippen molar-refractivity contribution in [2.75, 3.05) is 6.61 Å². The van der Waals surface area contributed by atoms with Crippen LogP contribution in [0.5, 0.6) is 5.75 Å². The van der Waals surface area contributed by atoms with Gasteiger partial charge in [0.2, 0.25) is 0 Å². The summed E-state index contributed by atoms with van der Waals surface area (Å²) in [6, 6.07) is 14.2. The molecule has 1 heterocycles. The smallest absolute Gasteiger partial charge is 0.283 e. The summed E-state index contributed by atoms with van der Waals surface area (Å²) in [6.07, 6.45) is 0.209. The molecule has 0 bridgehead atoms. The summed E-state index contributed by atoms with van der Waals surface area (Å²) in [4.78, 5) is 22.7. The highest BCUT2D eigenvalue weighted by Gasteiger charge is 2.44. The van der Waals surface area contributed by atoms with Gasteiger partial charge in [0.1, 0.15) is 5.75 Å². The van der Waals surface area contributed by atoms with Crippen LogP contribution < -0.4 is 4.74 Å². The summed E-state index contributed by atoms with van der Waals surface area (Å²) >= 11 is 0. The fourth-order valence-electron chi connectivity index (χ4n) is 2.78. The van der Waals surface area contributed by atoms with Crippen molar-refractivity contribution in [3.63, 3.8) is 0 Å². The zero-order chi connectivity index (χ0) is 18.7. The molecule has 26 heavy (non-hydrogen) atoms. The Bertz CT molecular complexity index is 851. The molecule has 0 saturated carbocycles. The van der Waals surface area contributed by atoms with E-state index in [1.165, 1.54) is 24.3 Å². The molecule has 2 aromatic carbocycles. The number of hydrazone groups is 1. The first-order chi connectivity index (χ1) is 12.4. The molecule has 134 valence electrons. The molecule has 8 nitrogen and oxygen atoms in total. The Morgan fingerprint density at radius 1 is 1.27 bits per heavy atom. The van der Waals surface area contributed by atoms with Crippen molar-refractivity contribution in [2.24, 2.45) is 5.10 Å². The Morgan fingerprint density at radius 2 is 1.92 bits per heavy atom. The number of carbonyl (C=O) groups is 1. The van der Waals surface area contributed by atoms with Gasteiger partial charge in [-0.05, 0) is 19.1 Å². The van der Waals surface area contributed by atoms with E-state index < -0.39 is 16.6 Å². The average molecular weight is 355 g/mol. The van der Waals surface area contributed by atoms with E-state index >= 15 is 0 Å². The lowest BCUT2D eigenvalue weighted by Crippen LogP contribution is -2.45. The Labute approximate surface area is 149 Å². The Balaban J connectivity index is 1.72. The lowest BCUT2D eigenvalue weighted by molar-refractivity contribution is -0.384. The molecule has 1 atom stereocenters. The second kappa shape index (κ2) is 6.93. The van der Waals surface area contributed by atoms with Crippen molar-refractivity contribution >= 4 is 17.3 Å². The van der Waals surface area contributed by atoms with E-state index in [1.807, 2.05) is 6.07 Å². The fraction of sp³-hybridized carbons (Fsp3) is 0.222. The van der Waals surface area contributed by atoms with Crippen molar-refractivity contribution in [1.82, 2.24) is 5.01 Å². The normalized spacial score (nSPS) is 19.2. The second-order valence-electron chi connectivity index (χ2n) is 5.94. The summed E-state index contributed by atoms with van der Waals surface area (Å²) in [5.41, 5.74) is -0.437. The van der Waals surface area contributed by atoms with Crippen LogP contribution in [0.3, 0.4) is 0 Å². The molecule has 0 saturated heterocycles. The van der Waals surface area contributed by atoms with E-state index in [0.29, 0.717) is 17.0 Å². The highest BCUT2D eigenvalue weighted by molar-refractivity contribution is 5.89. The van der Waals surface area contributed by atoms with E-state index in [1.54, 1.807) is 31.2 Å². The van der Waals surface area contributed by atoms with Crippen LogP contribution in [-0.2, 0) is 10.5 Å². The minimum atomic E-state index is -1.55. The minimum absolute atomic E-state index is 0.0677. The predicted molar refractivity (Wildman–Crippen MR) is 93.5 cm³/mol. The number of nitro groups is 1. The molecule has 0 aliphatic carbocycles. The van der Waals surface area contributed by atoms with Crippen LogP contribution in [0.25, 0.3) is 0 Å². The third-order valence-corrected chi connectivity index (χ3v) is 4.01. The number of ether oxygens (including phenoxy) is 1. The van der Waals surface area contributed by atoms with Crippen LogP contribution in [0.1, 0.15) is 18.9 Å². The summed E-state index contributed by atoms with van der Waals surface area (Å²) in [5.74, 6) is -0.210. The fourth-order valence-corrected chi connectivity index (χ4v) is 2.78. The number of hydrogen-bond acceptors (Lipinski definition) is 6. The lowest BCUT2D eigenvalue weighted by atomic mass is 9.98. The standard InChI is InChI=1S/C18H17N3O5/c1-13-11-18(23,14-5-3-2-4-6-14)20(19-13)17(22)12-26-16-9-7-15(8-10-16)21(24)25/h2-10,23H,11-12H2,1H3/t18-/m1/s1. The number of carbonyl (C=O) groups excluding carboxylic acids is 1. The molecule has 0 fully saturated rings. The first-order valence-electron chi connectivity index (χ1n) is 7.92. The van der Waals surface area contributed by atoms with Crippen LogP contribution in [0, 0.1) is 10.1 Å². The molecule has 0 spiro atoms. The molecule has 1 amide bonds. The summed E-state index contributed by atoms with van der Waals surface area (Å²) < 4.78 is 5.39. The Morgan fingerprint density at radius 3 is 2.54 bits per heavy atom. The van der Waals surface area contributed by atoms with Gasteiger partial charge >= 0.3 is 0 Å². The molecule has 2 aromatic rings. The molecule has 1 aliphatic heterocycles. The van der Waals surface area contributed by atoms with Crippen molar-refractivity contribution in [3.8, 4) is 5.75 Å². The maximum Gasteiger partial charge on any atom is 0.283 e. The van der Waals surface area contributed by atoms with Gasteiger partial charge in [-0.2, -0.15) is 10.1 Å². The largest absolute Gasteiger partial charge is 0.484 e. The van der Waals surface area contributed by atoms with Crippen LogP contribution in [0.2, 0.25) is 0 Å². The quantitative estimate of drug-likeness (QED) is 0.655. The van der Waals surface area contributed by atoms with Gasteiger partial charge in [0.25, 0.3) is 11.6 Å². The summed E-state index contributed by atoms with van der Waals surface area (Å²) in [7, 11) is 0. The van der Waals surface area contributed by atoms with Gasteiger partial charge in [0, 0.05) is 29.8 Å². The van der Waals surface area contributed by atoms with Gasteiger partial charge in [0.05, 0.1) is 4.92 Å². The molecule has 0 aromatic heterocycles. The van der Waals surface area contributed by atoms with E-state index in [0.717, 1.165) is 5.01 Å². The SMILES string of the molecule is CC1=NN(C(=O)COc2ccc([N+](=O)[O-])cc2)[C@](O)(c2ccccc2)C1. The highest BCUT2D eigenvalue weighted by Crippen LogP contribution is 2.35. The van der Waals surface area contributed by atoms with Gasteiger partial charge < -0.3 is 9.84 Å². The number of aliphatic hydroxyl groups is 1. The van der Waals surface area contributed by atoms with Gasteiger partial charge in [-0.25, -0.2) is 0 Å². The molecule has 1 aliphatic rings. The lowest BCUT2D eigenvalue weighted by Gasteiger charge is -2.31. The number of non-ortho nitro benzene ring substituents is 1. The molecule has 0 radical (unpaired) electrons. The monoisotopic (exact) mass is 355 g/mol. The summed E-state index contributed by atoms with van der Waals surface area (Å²) in [6.45, 7) is 1.38. The molecule has 3 rings (SSSR count). The van der Waals surface area contributed by atoms with Gasteiger partial charge in [-0.1, -0.05) is 30.3 Å². The molecule has 8 heteroatoms. The van der Waals surface area contributed by atoms with Gasteiger partial charge in [-0.15, -0.1) is 0 Å². The van der Waals surface area contributed by atoms with Crippen LogP contribution in [0.4, 0.5) is 5.69 Å². The zero-order valence-corrected chi connectivity index (χ0v) is 14.0. The third kappa shape index (κ3) is 3.40. The van der Waals surface area contributed by atoms with Crippen LogP contribution in [0.15, 0.2) is 59.7 Å². The maximum absolute atomic E-state index is 12.6. The maximum atomic E-state index is 12.6. The second-order valence-corrected chi connectivity index (χ2v) is 5.94. The van der Waals surface area contributed by atoms with Crippen molar-refractivity contribution in [3.05, 3.63) is 70.3 Å². The first kappa shape index (κ1) is 17.6. The first-order valence-corrected chi connectivity index (χ1v) is 7.92. The molecular formula is C18H17N3O5. The number of rotatable bonds is 5.